The number of halogens is 2. The molecule has 1 aliphatic rings. The molecule has 3 heteroatoms. The highest BCUT2D eigenvalue weighted by atomic mass is 79.9. The van der Waals surface area contributed by atoms with E-state index in [0.717, 1.165) is 15.2 Å². The number of benzene rings is 1. The number of hydrogen-bond donors (Lipinski definition) is 1. The van der Waals surface area contributed by atoms with Gasteiger partial charge in [0.15, 0.2) is 0 Å². The third-order valence-electron chi connectivity index (χ3n) is 2.65. The summed E-state index contributed by atoms with van der Waals surface area (Å²) in [4.78, 5) is 0. The van der Waals surface area contributed by atoms with Gasteiger partial charge in [-0.3, -0.25) is 0 Å². The first-order valence-electron chi connectivity index (χ1n) is 4.97. The van der Waals surface area contributed by atoms with Gasteiger partial charge >= 0.3 is 0 Å². The van der Waals surface area contributed by atoms with Crippen molar-refractivity contribution in [1.82, 2.24) is 0 Å². The molecule has 1 N–H and O–H groups in total. The third kappa shape index (κ3) is 2.43. The molecule has 1 fully saturated rings. The molecule has 76 valence electrons. The Bertz CT molecular complexity index is 321. The Morgan fingerprint density at radius 1 is 1.29 bits per heavy atom. The minimum absolute atomic E-state index is 0.646. The molecule has 2 rings (SSSR count). The Balaban J connectivity index is 2.05. The molecule has 0 aromatic heterocycles. The standard InChI is InChI=1S/C11H13BrClN/c12-10-6-5-9(7-11(10)13)14-8-3-1-2-4-8/h5-8,14H,1-4H2. The predicted molar refractivity (Wildman–Crippen MR) is 65.0 cm³/mol. The number of rotatable bonds is 2. The van der Waals surface area contributed by atoms with Gasteiger partial charge in [0, 0.05) is 16.2 Å². The highest BCUT2D eigenvalue weighted by Gasteiger charge is 2.14. The highest BCUT2D eigenvalue weighted by molar-refractivity contribution is 9.10. The third-order valence-corrected chi connectivity index (χ3v) is 3.88. The Kier molecular flexibility index (Phi) is 3.34. The summed E-state index contributed by atoms with van der Waals surface area (Å²) in [5.74, 6) is 0. The maximum Gasteiger partial charge on any atom is 0.0568 e. The maximum atomic E-state index is 6.01. The Labute approximate surface area is 98.0 Å². The monoisotopic (exact) mass is 273 g/mol. The molecule has 0 amide bonds. The van der Waals surface area contributed by atoms with Gasteiger partial charge in [-0.05, 0) is 47.0 Å². The molecular weight excluding hydrogens is 261 g/mol. The van der Waals surface area contributed by atoms with E-state index in [4.69, 9.17) is 11.6 Å². The minimum atomic E-state index is 0.646. The molecule has 1 aromatic carbocycles. The fourth-order valence-corrected chi connectivity index (χ4v) is 2.32. The fourth-order valence-electron chi connectivity index (χ4n) is 1.89. The lowest BCUT2D eigenvalue weighted by atomic mass is 10.2. The summed E-state index contributed by atoms with van der Waals surface area (Å²) in [6.45, 7) is 0. The largest absolute Gasteiger partial charge is 0.382 e. The molecule has 14 heavy (non-hydrogen) atoms. The topological polar surface area (TPSA) is 12.0 Å². The molecule has 0 bridgehead atoms. The van der Waals surface area contributed by atoms with E-state index in [0.29, 0.717) is 6.04 Å². The average Bonchev–Trinajstić information content (AvgIpc) is 2.64. The number of nitrogens with one attached hydrogen (secondary N) is 1. The van der Waals surface area contributed by atoms with Crippen LogP contribution in [0.3, 0.4) is 0 Å². The first-order valence-corrected chi connectivity index (χ1v) is 6.14. The van der Waals surface area contributed by atoms with Crippen molar-refractivity contribution in [3.8, 4) is 0 Å². The summed E-state index contributed by atoms with van der Waals surface area (Å²) in [6.07, 6.45) is 5.27. The first-order chi connectivity index (χ1) is 6.75. The fraction of sp³-hybridized carbons (Fsp3) is 0.455. The zero-order valence-corrected chi connectivity index (χ0v) is 10.2. The lowest BCUT2D eigenvalue weighted by Gasteiger charge is -2.13. The van der Waals surface area contributed by atoms with E-state index in [9.17, 15) is 0 Å². The lowest BCUT2D eigenvalue weighted by Crippen LogP contribution is -2.14. The van der Waals surface area contributed by atoms with E-state index in [1.54, 1.807) is 0 Å². The number of hydrogen-bond acceptors (Lipinski definition) is 1. The quantitative estimate of drug-likeness (QED) is 0.840. The van der Waals surface area contributed by atoms with Crippen LogP contribution >= 0.6 is 27.5 Å². The predicted octanol–water partition coefficient (Wildman–Crippen LogP) is 4.46. The second-order valence-corrected chi connectivity index (χ2v) is 5.02. The Morgan fingerprint density at radius 3 is 2.64 bits per heavy atom. The van der Waals surface area contributed by atoms with Crippen molar-refractivity contribution in [2.24, 2.45) is 0 Å². The van der Waals surface area contributed by atoms with Gasteiger partial charge < -0.3 is 5.32 Å². The Morgan fingerprint density at radius 2 is 2.00 bits per heavy atom. The molecule has 0 saturated heterocycles. The van der Waals surface area contributed by atoms with Gasteiger partial charge in [0.05, 0.1) is 5.02 Å². The minimum Gasteiger partial charge on any atom is -0.382 e. The van der Waals surface area contributed by atoms with Gasteiger partial charge in [0.25, 0.3) is 0 Å². The first kappa shape index (κ1) is 10.3. The van der Waals surface area contributed by atoms with E-state index in [-0.39, 0.29) is 0 Å². The molecule has 0 atom stereocenters. The molecule has 0 heterocycles. The van der Waals surface area contributed by atoms with Crippen molar-refractivity contribution in [1.29, 1.82) is 0 Å². The molecule has 0 radical (unpaired) electrons. The summed E-state index contributed by atoms with van der Waals surface area (Å²) in [5, 5.41) is 4.27. The molecule has 1 aromatic rings. The van der Waals surface area contributed by atoms with Crippen molar-refractivity contribution >= 4 is 33.2 Å². The summed E-state index contributed by atoms with van der Waals surface area (Å²) in [5.41, 5.74) is 1.13. The van der Waals surface area contributed by atoms with Crippen LogP contribution in [-0.2, 0) is 0 Å². The van der Waals surface area contributed by atoms with Crippen LogP contribution in [0.2, 0.25) is 5.02 Å². The molecular formula is C11H13BrClN. The van der Waals surface area contributed by atoms with Gasteiger partial charge in [-0.15, -0.1) is 0 Å². The molecule has 1 saturated carbocycles. The van der Waals surface area contributed by atoms with E-state index in [1.807, 2.05) is 12.1 Å². The second kappa shape index (κ2) is 4.54. The maximum absolute atomic E-state index is 6.01. The van der Waals surface area contributed by atoms with Crippen LogP contribution in [-0.4, -0.2) is 6.04 Å². The van der Waals surface area contributed by atoms with Crippen molar-refractivity contribution < 1.29 is 0 Å². The highest BCUT2D eigenvalue weighted by Crippen LogP contribution is 2.28. The van der Waals surface area contributed by atoms with Crippen molar-refractivity contribution in [3.63, 3.8) is 0 Å². The molecule has 0 aliphatic heterocycles. The normalized spacial score (nSPS) is 17.3. The van der Waals surface area contributed by atoms with Crippen LogP contribution in [0.4, 0.5) is 5.69 Å². The molecule has 0 spiro atoms. The summed E-state index contributed by atoms with van der Waals surface area (Å²) >= 11 is 9.39. The summed E-state index contributed by atoms with van der Waals surface area (Å²) in [6, 6.07) is 6.67. The van der Waals surface area contributed by atoms with Crippen LogP contribution in [0, 0.1) is 0 Å². The zero-order valence-electron chi connectivity index (χ0n) is 7.89. The van der Waals surface area contributed by atoms with Gasteiger partial charge in [-0.2, -0.15) is 0 Å². The second-order valence-electron chi connectivity index (χ2n) is 3.75. The summed E-state index contributed by atoms with van der Waals surface area (Å²) in [7, 11) is 0. The van der Waals surface area contributed by atoms with Crippen molar-refractivity contribution in [3.05, 3.63) is 27.7 Å². The Hall–Kier alpha value is -0.210. The molecule has 0 unspecified atom stereocenters. The van der Waals surface area contributed by atoms with Crippen LogP contribution in [0.5, 0.6) is 0 Å². The van der Waals surface area contributed by atoms with Gasteiger partial charge in [-0.25, -0.2) is 0 Å². The van der Waals surface area contributed by atoms with E-state index in [1.165, 1.54) is 25.7 Å². The van der Waals surface area contributed by atoms with E-state index in [2.05, 4.69) is 27.3 Å². The van der Waals surface area contributed by atoms with Gasteiger partial charge in [0.2, 0.25) is 0 Å². The molecule has 1 nitrogen and oxygen atoms in total. The van der Waals surface area contributed by atoms with E-state index >= 15 is 0 Å². The zero-order chi connectivity index (χ0) is 9.97. The van der Waals surface area contributed by atoms with Crippen LogP contribution in [0.15, 0.2) is 22.7 Å². The SMILES string of the molecule is Clc1cc(NC2CCCC2)ccc1Br. The van der Waals surface area contributed by atoms with Crippen LogP contribution in [0.1, 0.15) is 25.7 Å². The van der Waals surface area contributed by atoms with Crippen molar-refractivity contribution in [2.45, 2.75) is 31.7 Å². The lowest BCUT2D eigenvalue weighted by molar-refractivity contribution is 0.755. The van der Waals surface area contributed by atoms with E-state index < -0.39 is 0 Å². The van der Waals surface area contributed by atoms with Crippen molar-refractivity contribution in [2.75, 3.05) is 5.32 Å². The van der Waals surface area contributed by atoms with Crippen LogP contribution < -0.4 is 5.32 Å². The smallest absolute Gasteiger partial charge is 0.0568 e. The van der Waals surface area contributed by atoms with Gasteiger partial charge in [0.1, 0.15) is 0 Å². The average molecular weight is 275 g/mol. The summed E-state index contributed by atoms with van der Waals surface area (Å²) < 4.78 is 0.955. The number of anilines is 1. The van der Waals surface area contributed by atoms with Crippen LogP contribution in [0.25, 0.3) is 0 Å². The van der Waals surface area contributed by atoms with Gasteiger partial charge in [-0.1, -0.05) is 24.4 Å². The molecule has 1 aliphatic carbocycles.